The Hall–Kier alpha value is -3.29. The lowest BCUT2D eigenvalue weighted by molar-refractivity contribution is -0.114. The fourth-order valence-corrected chi connectivity index (χ4v) is 4.48. The molecule has 3 atom stereocenters. The van der Waals surface area contributed by atoms with E-state index in [1.54, 1.807) is 12.4 Å². The van der Waals surface area contributed by atoms with Crippen molar-refractivity contribution in [3.05, 3.63) is 47.9 Å². The average molecular weight is 379 g/mol. The number of piperidine rings is 1. The average Bonchev–Trinajstić information content (AvgIpc) is 3.29. The normalized spacial score (nSPS) is 24.6. The monoisotopic (exact) mass is 379 g/mol. The minimum absolute atomic E-state index is 0.178. The molecule has 2 aliphatic rings. The summed E-state index contributed by atoms with van der Waals surface area (Å²) in [7, 11) is 0. The van der Waals surface area contributed by atoms with E-state index < -0.39 is 5.91 Å². The number of hydrogen-bond acceptors (Lipinski definition) is 6. The number of hydrogen-bond donors (Lipinski definition) is 5. The lowest BCUT2D eigenvalue weighted by Gasteiger charge is -2.40. The summed E-state index contributed by atoms with van der Waals surface area (Å²) in [5.41, 5.74) is 13.5. The van der Waals surface area contributed by atoms with Crippen molar-refractivity contribution in [2.45, 2.75) is 43.8 Å². The van der Waals surface area contributed by atoms with Crippen LogP contribution in [0.3, 0.4) is 0 Å². The fraction of sp³-hybridized carbons (Fsp3) is 0.350. The van der Waals surface area contributed by atoms with Crippen LogP contribution in [-0.4, -0.2) is 40.2 Å². The number of fused-ring (bicyclic) bond motifs is 2. The summed E-state index contributed by atoms with van der Waals surface area (Å²) in [5, 5.41) is 11.1. The smallest absolute Gasteiger partial charge is 0.252 e. The number of H-pyrrole nitrogens is 1. The third-order valence-electron chi connectivity index (χ3n) is 5.66. The predicted molar refractivity (Wildman–Crippen MR) is 110 cm³/mol. The Morgan fingerprint density at radius 2 is 2.04 bits per heavy atom. The van der Waals surface area contributed by atoms with Gasteiger partial charge in [-0.2, -0.15) is 0 Å². The van der Waals surface area contributed by atoms with Crippen molar-refractivity contribution in [2.24, 2.45) is 5.73 Å². The summed E-state index contributed by atoms with van der Waals surface area (Å²) in [6.45, 7) is 0. The van der Waals surface area contributed by atoms with Gasteiger partial charge in [-0.3, -0.25) is 4.79 Å². The number of nitrogen functional groups attached to an aromatic ring is 1. The first-order valence-electron chi connectivity index (χ1n) is 9.51. The number of primary amides is 1. The fourth-order valence-electron chi connectivity index (χ4n) is 4.48. The number of nitrogens with one attached hydrogen (secondary N) is 3. The van der Waals surface area contributed by atoms with Crippen LogP contribution >= 0.6 is 0 Å². The largest absolute Gasteiger partial charge is 0.397 e. The van der Waals surface area contributed by atoms with Crippen molar-refractivity contribution >= 4 is 29.3 Å². The molecule has 2 saturated heterocycles. The molecule has 8 nitrogen and oxygen atoms in total. The molecule has 0 aliphatic carbocycles. The quantitative estimate of drug-likeness (QED) is 0.384. The van der Waals surface area contributed by atoms with Crippen LogP contribution in [0.1, 0.15) is 31.4 Å². The number of anilines is 2. The number of rotatable bonds is 6. The zero-order valence-corrected chi connectivity index (χ0v) is 15.6. The van der Waals surface area contributed by atoms with Crippen LogP contribution in [0.2, 0.25) is 0 Å². The maximum absolute atomic E-state index is 11.8. The van der Waals surface area contributed by atoms with E-state index >= 15 is 0 Å². The summed E-state index contributed by atoms with van der Waals surface area (Å²) in [6.07, 6.45) is 8.60. The summed E-state index contributed by atoms with van der Waals surface area (Å²) in [6, 6.07) is 8.56. The summed E-state index contributed by atoms with van der Waals surface area (Å²) in [4.78, 5) is 21.9. The van der Waals surface area contributed by atoms with Crippen molar-refractivity contribution in [2.75, 3.05) is 10.6 Å². The van der Waals surface area contributed by atoms with Gasteiger partial charge < -0.3 is 32.1 Å². The molecule has 2 bridgehead atoms. The van der Waals surface area contributed by atoms with Crippen LogP contribution in [0.4, 0.5) is 11.5 Å². The Bertz CT molecular complexity index is 874. The standard InChI is InChI=1S/C20H25N7O/c21-10-16(20(23)28)19(17-2-1-7-24-17)26-13-8-14-4-5-15(9-13)27(14)18-6-3-12(22)11-25-18/h1-3,6-7,10-11,13-15,21,24,26H,4-5,8-9,22H2,(H2,23,28)/b19-16-,21-10?/t13-,14-,15+. The first-order chi connectivity index (χ1) is 13.6. The first kappa shape index (κ1) is 18.1. The number of nitrogens with two attached hydrogens (primary N) is 2. The Labute approximate surface area is 163 Å². The Balaban J connectivity index is 1.56. The summed E-state index contributed by atoms with van der Waals surface area (Å²) >= 11 is 0. The van der Waals surface area contributed by atoms with Crippen LogP contribution < -0.4 is 21.7 Å². The lowest BCUT2D eigenvalue weighted by Crippen LogP contribution is -2.49. The predicted octanol–water partition coefficient (Wildman–Crippen LogP) is 1.63. The number of aromatic amines is 1. The van der Waals surface area contributed by atoms with Crippen molar-refractivity contribution < 1.29 is 4.79 Å². The highest BCUT2D eigenvalue weighted by molar-refractivity contribution is 6.16. The minimum Gasteiger partial charge on any atom is -0.397 e. The van der Waals surface area contributed by atoms with Crippen LogP contribution in [0.25, 0.3) is 5.70 Å². The van der Waals surface area contributed by atoms with Crippen molar-refractivity contribution in [3.8, 4) is 0 Å². The molecule has 0 aromatic carbocycles. The molecule has 8 heteroatoms. The lowest BCUT2D eigenvalue weighted by atomic mass is 9.96. The van der Waals surface area contributed by atoms with E-state index in [-0.39, 0.29) is 11.6 Å². The number of amides is 1. The molecule has 2 fully saturated rings. The summed E-state index contributed by atoms with van der Waals surface area (Å²) in [5.74, 6) is 0.358. The molecule has 4 rings (SSSR count). The Morgan fingerprint density at radius 1 is 1.29 bits per heavy atom. The van der Waals surface area contributed by atoms with Gasteiger partial charge in [-0.15, -0.1) is 0 Å². The van der Waals surface area contributed by atoms with Gasteiger partial charge in [0.15, 0.2) is 0 Å². The second-order valence-electron chi connectivity index (χ2n) is 7.44. The third kappa shape index (κ3) is 3.33. The maximum atomic E-state index is 11.8. The molecule has 2 aromatic heterocycles. The molecule has 0 saturated carbocycles. The van der Waals surface area contributed by atoms with E-state index in [9.17, 15) is 4.79 Å². The maximum Gasteiger partial charge on any atom is 0.252 e. The molecule has 1 amide bonds. The molecule has 0 spiro atoms. The number of aromatic nitrogens is 2. The molecule has 28 heavy (non-hydrogen) atoms. The molecular formula is C20H25N7O. The van der Waals surface area contributed by atoms with Crippen molar-refractivity contribution in [1.82, 2.24) is 15.3 Å². The van der Waals surface area contributed by atoms with E-state index in [2.05, 4.69) is 20.2 Å². The second kappa shape index (κ2) is 7.38. The van der Waals surface area contributed by atoms with Crippen LogP contribution in [0.5, 0.6) is 0 Å². The number of nitrogens with zero attached hydrogens (tertiary/aromatic N) is 2. The van der Waals surface area contributed by atoms with Crippen LogP contribution in [0, 0.1) is 5.41 Å². The van der Waals surface area contributed by atoms with E-state index in [1.807, 2.05) is 24.3 Å². The molecule has 2 aromatic rings. The number of pyridine rings is 1. The minimum atomic E-state index is -0.612. The van der Waals surface area contributed by atoms with Crippen LogP contribution in [0.15, 0.2) is 42.2 Å². The SMILES string of the molecule is N=C/C(C(N)=O)=C(/N[C@@H]1C[C@H]2CC[C@@H](C1)N2c1ccc(N)cn1)c1ccc[nH]1. The van der Waals surface area contributed by atoms with Crippen LogP contribution in [-0.2, 0) is 4.79 Å². The highest BCUT2D eigenvalue weighted by atomic mass is 16.1. The van der Waals surface area contributed by atoms with Gasteiger partial charge in [0, 0.05) is 30.5 Å². The second-order valence-corrected chi connectivity index (χ2v) is 7.44. The number of carbonyl (C=O) groups excluding carboxylic acids is 1. The van der Waals surface area contributed by atoms with Gasteiger partial charge in [-0.25, -0.2) is 4.98 Å². The molecule has 0 unspecified atom stereocenters. The Morgan fingerprint density at radius 3 is 2.57 bits per heavy atom. The highest BCUT2D eigenvalue weighted by Crippen LogP contribution is 2.39. The third-order valence-corrected chi connectivity index (χ3v) is 5.66. The molecule has 2 aliphatic heterocycles. The van der Waals surface area contributed by atoms with Gasteiger partial charge in [-0.05, 0) is 49.9 Å². The van der Waals surface area contributed by atoms with E-state index in [0.717, 1.165) is 43.4 Å². The van der Waals surface area contributed by atoms with Gasteiger partial charge in [0.2, 0.25) is 0 Å². The Kier molecular flexibility index (Phi) is 4.77. The van der Waals surface area contributed by atoms with Gasteiger partial charge in [-0.1, -0.05) is 0 Å². The molecule has 0 radical (unpaired) electrons. The molecule has 7 N–H and O–H groups in total. The van der Waals surface area contributed by atoms with Crippen molar-refractivity contribution in [1.29, 1.82) is 5.41 Å². The van der Waals surface area contributed by atoms with Gasteiger partial charge in [0.1, 0.15) is 5.82 Å². The first-order valence-corrected chi connectivity index (χ1v) is 9.51. The van der Waals surface area contributed by atoms with E-state index in [1.165, 1.54) is 0 Å². The zero-order valence-electron chi connectivity index (χ0n) is 15.6. The molecular weight excluding hydrogens is 354 g/mol. The molecule has 4 heterocycles. The zero-order chi connectivity index (χ0) is 19.7. The molecule has 146 valence electrons. The number of carbonyl (C=O) groups is 1. The summed E-state index contributed by atoms with van der Waals surface area (Å²) < 4.78 is 0. The topological polar surface area (TPSA) is 137 Å². The van der Waals surface area contributed by atoms with Crippen molar-refractivity contribution in [3.63, 3.8) is 0 Å². The van der Waals surface area contributed by atoms with Gasteiger partial charge in [0.05, 0.1) is 28.8 Å². The van der Waals surface area contributed by atoms with E-state index in [4.69, 9.17) is 16.9 Å². The van der Waals surface area contributed by atoms with Gasteiger partial charge in [0.25, 0.3) is 5.91 Å². The highest BCUT2D eigenvalue weighted by Gasteiger charge is 2.41. The van der Waals surface area contributed by atoms with E-state index in [0.29, 0.717) is 23.5 Å². The van der Waals surface area contributed by atoms with Gasteiger partial charge >= 0.3 is 0 Å².